The van der Waals surface area contributed by atoms with Crippen LogP contribution in [0.3, 0.4) is 0 Å². The minimum atomic E-state index is 0.435. The molecule has 0 saturated heterocycles. The van der Waals surface area contributed by atoms with Crippen LogP contribution in [0, 0.1) is 0 Å². The van der Waals surface area contributed by atoms with Crippen molar-refractivity contribution >= 4 is 11.3 Å². The van der Waals surface area contributed by atoms with Gasteiger partial charge in [0.1, 0.15) is 0 Å². The fraction of sp³-hybridized carbons (Fsp3) is 0.667. The molecule has 0 spiro atoms. The van der Waals surface area contributed by atoms with Gasteiger partial charge in [0.2, 0.25) is 0 Å². The molecule has 0 aliphatic carbocycles. The SMILES string of the molecule is CCNCC(COC)N(C)Cc1ccsc1. The second kappa shape index (κ2) is 7.79. The normalized spacial score (nSPS) is 13.2. The molecule has 0 saturated carbocycles. The highest BCUT2D eigenvalue weighted by Crippen LogP contribution is 2.10. The van der Waals surface area contributed by atoms with Crippen LogP contribution in [0.2, 0.25) is 0 Å². The minimum Gasteiger partial charge on any atom is -0.383 e. The van der Waals surface area contributed by atoms with Crippen molar-refractivity contribution in [2.45, 2.75) is 19.5 Å². The zero-order valence-corrected chi connectivity index (χ0v) is 11.2. The van der Waals surface area contributed by atoms with Crippen molar-refractivity contribution in [1.29, 1.82) is 0 Å². The minimum absolute atomic E-state index is 0.435. The Labute approximate surface area is 102 Å². The van der Waals surface area contributed by atoms with Gasteiger partial charge in [0.15, 0.2) is 0 Å². The molecular weight excluding hydrogens is 220 g/mol. The maximum atomic E-state index is 5.26. The van der Waals surface area contributed by atoms with Gasteiger partial charge in [-0.2, -0.15) is 11.3 Å². The van der Waals surface area contributed by atoms with Gasteiger partial charge in [-0.05, 0) is 36.0 Å². The van der Waals surface area contributed by atoms with E-state index in [9.17, 15) is 0 Å². The average Bonchev–Trinajstić information content (AvgIpc) is 2.76. The van der Waals surface area contributed by atoms with Crippen LogP contribution >= 0.6 is 11.3 Å². The number of ether oxygens (including phenoxy) is 1. The Kier molecular flexibility index (Phi) is 6.64. The van der Waals surface area contributed by atoms with Crippen LogP contribution in [0.1, 0.15) is 12.5 Å². The highest BCUT2D eigenvalue weighted by atomic mass is 32.1. The van der Waals surface area contributed by atoms with Crippen LogP contribution in [-0.2, 0) is 11.3 Å². The number of thiophene rings is 1. The van der Waals surface area contributed by atoms with Crippen LogP contribution in [0.5, 0.6) is 0 Å². The van der Waals surface area contributed by atoms with Crippen LogP contribution in [-0.4, -0.2) is 44.8 Å². The topological polar surface area (TPSA) is 24.5 Å². The Morgan fingerprint density at radius 1 is 1.56 bits per heavy atom. The molecule has 0 aliphatic rings. The Morgan fingerprint density at radius 3 is 2.94 bits per heavy atom. The van der Waals surface area contributed by atoms with Gasteiger partial charge in [0.25, 0.3) is 0 Å². The van der Waals surface area contributed by atoms with E-state index in [1.807, 2.05) is 0 Å². The molecule has 1 heterocycles. The van der Waals surface area contributed by atoms with Crippen molar-refractivity contribution in [3.05, 3.63) is 22.4 Å². The van der Waals surface area contributed by atoms with Crippen molar-refractivity contribution in [2.24, 2.45) is 0 Å². The number of hydrogen-bond acceptors (Lipinski definition) is 4. The molecule has 1 unspecified atom stereocenters. The van der Waals surface area contributed by atoms with E-state index >= 15 is 0 Å². The first-order chi connectivity index (χ1) is 7.77. The second-order valence-electron chi connectivity index (χ2n) is 3.96. The molecule has 1 aromatic heterocycles. The van der Waals surface area contributed by atoms with Crippen LogP contribution in [0.25, 0.3) is 0 Å². The van der Waals surface area contributed by atoms with Crippen molar-refractivity contribution in [3.8, 4) is 0 Å². The number of nitrogens with one attached hydrogen (secondary N) is 1. The number of nitrogens with zero attached hydrogens (tertiary/aromatic N) is 1. The number of rotatable bonds is 8. The Morgan fingerprint density at radius 2 is 2.38 bits per heavy atom. The first-order valence-corrected chi connectivity index (χ1v) is 6.63. The van der Waals surface area contributed by atoms with Crippen LogP contribution in [0.15, 0.2) is 16.8 Å². The van der Waals surface area contributed by atoms with Gasteiger partial charge in [-0.3, -0.25) is 4.90 Å². The van der Waals surface area contributed by atoms with Gasteiger partial charge in [0.05, 0.1) is 6.61 Å². The summed E-state index contributed by atoms with van der Waals surface area (Å²) in [5.74, 6) is 0. The molecule has 3 nitrogen and oxygen atoms in total. The quantitative estimate of drug-likeness (QED) is 0.752. The van der Waals surface area contributed by atoms with Crippen molar-refractivity contribution in [1.82, 2.24) is 10.2 Å². The van der Waals surface area contributed by atoms with Gasteiger partial charge in [-0.25, -0.2) is 0 Å². The Balaban J connectivity index is 2.42. The van der Waals surface area contributed by atoms with E-state index in [-0.39, 0.29) is 0 Å². The third-order valence-electron chi connectivity index (χ3n) is 2.62. The van der Waals surface area contributed by atoms with Gasteiger partial charge in [-0.15, -0.1) is 0 Å². The molecule has 92 valence electrons. The molecule has 1 atom stereocenters. The van der Waals surface area contributed by atoms with Gasteiger partial charge in [0, 0.05) is 26.2 Å². The van der Waals surface area contributed by atoms with E-state index in [0.29, 0.717) is 6.04 Å². The first-order valence-electron chi connectivity index (χ1n) is 5.68. The molecule has 0 amide bonds. The third kappa shape index (κ3) is 4.61. The van der Waals surface area contributed by atoms with E-state index in [0.717, 1.165) is 26.2 Å². The molecule has 4 heteroatoms. The average molecular weight is 242 g/mol. The lowest BCUT2D eigenvalue weighted by atomic mass is 10.2. The number of methoxy groups -OCH3 is 1. The summed E-state index contributed by atoms with van der Waals surface area (Å²) in [7, 11) is 3.91. The Bertz CT molecular complexity index is 264. The fourth-order valence-corrected chi connectivity index (χ4v) is 2.30. The predicted octanol–water partition coefficient (Wildman–Crippen LogP) is 1.80. The lowest BCUT2D eigenvalue weighted by molar-refractivity contribution is 0.102. The zero-order valence-electron chi connectivity index (χ0n) is 10.4. The highest BCUT2D eigenvalue weighted by molar-refractivity contribution is 7.07. The molecule has 1 rings (SSSR count). The summed E-state index contributed by atoms with van der Waals surface area (Å²) in [6, 6.07) is 2.61. The van der Waals surface area contributed by atoms with Gasteiger partial charge in [-0.1, -0.05) is 6.92 Å². The molecule has 16 heavy (non-hydrogen) atoms. The van der Waals surface area contributed by atoms with E-state index in [2.05, 4.69) is 41.0 Å². The van der Waals surface area contributed by atoms with Crippen LogP contribution in [0.4, 0.5) is 0 Å². The summed E-state index contributed by atoms with van der Waals surface area (Å²) in [6.45, 7) is 5.87. The summed E-state index contributed by atoms with van der Waals surface area (Å²) in [5.41, 5.74) is 1.38. The van der Waals surface area contributed by atoms with E-state index in [1.165, 1.54) is 5.56 Å². The van der Waals surface area contributed by atoms with Gasteiger partial charge >= 0.3 is 0 Å². The van der Waals surface area contributed by atoms with Gasteiger partial charge < -0.3 is 10.1 Å². The van der Waals surface area contributed by atoms with Crippen molar-refractivity contribution < 1.29 is 4.74 Å². The molecule has 0 bridgehead atoms. The molecule has 0 aromatic carbocycles. The molecule has 1 N–H and O–H groups in total. The predicted molar refractivity (Wildman–Crippen MR) is 70.0 cm³/mol. The molecule has 0 aliphatic heterocycles. The lowest BCUT2D eigenvalue weighted by Crippen LogP contribution is -2.42. The zero-order chi connectivity index (χ0) is 11.8. The maximum absolute atomic E-state index is 5.26. The maximum Gasteiger partial charge on any atom is 0.0630 e. The smallest absolute Gasteiger partial charge is 0.0630 e. The largest absolute Gasteiger partial charge is 0.383 e. The monoisotopic (exact) mass is 242 g/mol. The summed E-state index contributed by atoms with van der Waals surface area (Å²) in [5, 5.41) is 7.70. The van der Waals surface area contributed by atoms with E-state index < -0.39 is 0 Å². The van der Waals surface area contributed by atoms with E-state index in [4.69, 9.17) is 4.74 Å². The summed E-state index contributed by atoms with van der Waals surface area (Å²) in [6.07, 6.45) is 0. The Hall–Kier alpha value is -0.420. The number of likely N-dealkylation sites (N-methyl/N-ethyl adjacent to an activating group) is 2. The summed E-state index contributed by atoms with van der Waals surface area (Å²) < 4.78 is 5.26. The highest BCUT2D eigenvalue weighted by Gasteiger charge is 2.14. The van der Waals surface area contributed by atoms with Crippen molar-refractivity contribution in [2.75, 3.05) is 33.9 Å². The molecular formula is C12H22N2OS. The van der Waals surface area contributed by atoms with Crippen LogP contribution < -0.4 is 5.32 Å². The van der Waals surface area contributed by atoms with E-state index in [1.54, 1.807) is 18.4 Å². The number of hydrogen-bond donors (Lipinski definition) is 1. The first kappa shape index (κ1) is 13.6. The summed E-state index contributed by atoms with van der Waals surface area (Å²) >= 11 is 1.75. The summed E-state index contributed by atoms with van der Waals surface area (Å²) in [4.78, 5) is 2.34. The molecule has 0 radical (unpaired) electrons. The second-order valence-corrected chi connectivity index (χ2v) is 4.74. The molecule has 0 fully saturated rings. The third-order valence-corrected chi connectivity index (χ3v) is 3.36. The molecule has 1 aromatic rings. The fourth-order valence-electron chi connectivity index (χ4n) is 1.65. The lowest BCUT2D eigenvalue weighted by Gasteiger charge is -2.27. The standard InChI is InChI=1S/C12H22N2OS/c1-4-13-7-12(9-15-3)14(2)8-11-5-6-16-10-11/h5-6,10,12-13H,4,7-9H2,1-3H3. The van der Waals surface area contributed by atoms with Crippen molar-refractivity contribution in [3.63, 3.8) is 0 Å².